The topological polar surface area (TPSA) is 68.8 Å². The number of aromatic nitrogens is 1. The Balaban J connectivity index is 1.54. The van der Waals surface area contributed by atoms with Gasteiger partial charge in [-0.25, -0.2) is 9.99 Å². The molecule has 0 bridgehead atoms. The van der Waals surface area contributed by atoms with E-state index in [0.29, 0.717) is 19.6 Å². The SMILES string of the molecule is CCCCCNC(=O)CN(CC(=O)N(C)N1Cc2ccccc2C1)c1cc(-c2nc(CC)cs2)ccc1C. The molecule has 0 radical (unpaired) electrons. The number of carbonyl (C=O) groups is 2. The lowest BCUT2D eigenvalue weighted by atomic mass is 10.1. The van der Waals surface area contributed by atoms with Gasteiger partial charge in [-0.15, -0.1) is 11.3 Å². The Morgan fingerprint density at radius 2 is 1.79 bits per heavy atom. The second-order valence-electron chi connectivity index (χ2n) is 9.92. The Morgan fingerprint density at radius 1 is 1.05 bits per heavy atom. The minimum atomic E-state index is -0.0718. The van der Waals surface area contributed by atoms with Crippen LogP contribution in [-0.4, -0.2) is 53.5 Å². The minimum absolute atomic E-state index is 0.0519. The summed E-state index contributed by atoms with van der Waals surface area (Å²) in [6, 6.07) is 14.5. The predicted octanol–water partition coefficient (Wildman–Crippen LogP) is 5.18. The predicted molar refractivity (Wildman–Crippen MR) is 155 cm³/mol. The zero-order valence-electron chi connectivity index (χ0n) is 23.0. The molecule has 0 unspecified atom stereocenters. The van der Waals surface area contributed by atoms with Crippen LogP contribution in [0.4, 0.5) is 5.69 Å². The number of amides is 2. The molecule has 0 atom stereocenters. The van der Waals surface area contributed by atoms with Crippen molar-refractivity contribution < 1.29 is 9.59 Å². The van der Waals surface area contributed by atoms with E-state index in [4.69, 9.17) is 4.98 Å². The molecule has 0 aliphatic carbocycles. The molecule has 1 aliphatic rings. The largest absolute Gasteiger partial charge is 0.355 e. The monoisotopic (exact) mass is 533 g/mol. The number of thiazole rings is 1. The van der Waals surface area contributed by atoms with Gasteiger partial charge in [-0.2, -0.15) is 0 Å². The summed E-state index contributed by atoms with van der Waals surface area (Å²) in [6.45, 7) is 8.55. The van der Waals surface area contributed by atoms with Gasteiger partial charge in [-0.3, -0.25) is 14.6 Å². The summed E-state index contributed by atoms with van der Waals surface area (Å²) in [6.07, 6.45) is 4.03. The van der Waals surface area contributed by atoms with Gasteiger partial charge < -0.3 is 10.2 Å². The van der Waals surface area contributed by atoms with Crippen LogP contribution in [0.25, 0.3) is 10.6 Å². The van der Waals surface area contributed by atoms with Crippen molar-refractivity contribution in [1.82, 2.24) is 20.3 Å². The Hall–Kier alpha value is -3.23. The van der Waals surface area contributed by atoms with Gasteiger partial charge in [0.1, 0.15) is 5.01 Å². The van der Waals surface area contributed by atoms with Gasteiger partial charge in [0, 0.05) is 43.3 Å². The van der Waals surface area contributed by atoms with Crippen LogP contribution in [0.5, 0.6) is 0 Å². The van der Waals surface area contributed by atoms with Crippen molar-refractivity contribution in [1.29, 1.82) is 0 Å². The van der Waals surface area contributed by atoms with Crippen LogP contribution in [0.1, 0.15) is 55.5 Å². The molecule has 38 heavy (non-hydrogen) atoms. The second-order valence-corrected chi connectivity index (χ2v) is 10.8. The van der Waals surface area contributed by atoms with Crippen molar-refractivity contribution in [3.8, 4) is 10.6 Å². The first-order valence-corrected chi connectivity index (χ1v) is 14.4. The third kappa shape index (κ3) is 6.79. The van der Waals surface area contributed by atoms with Gasteiger partial charge in [0.05, 0.1) is 18.8 Å². The third-order valence-electron chi connectivity index (χ3n) is 7.08. The van der Waals surface area contributed by atoms with Crippen LogP contribution in [0.2, 0.25) is 0 Å². The number of likely N-dealkylation sites (N-methyl/N-ethyl adjacent to an activating group) is 1. The van der Waals surface area contributed by atoms with Gasteiger partial charge >= 0.3 is 0 Å². The molecule has 1 N–H and O–H groups in total. The molecule has 2 amide bonds. The number of hydrazine groups is 1. The highest BCUT2D eigenvalue weighted by molar-refractivity contribution is 7.13. The van der Waals surface area contributed by atoms with Crippen LogP contribution in [-0.2, 0) is 29.1 Å². The summed E-state index contributed by atoms with van der Waals surface area (Å²) >= 11 is 1.62. The Labute approximate surface area is 230 Å². The first-order chi connectivity index (χ1) is 18.4. The van der Waals surface area contributed by atoms with Crippen molar-refractivity contribution in [2.45, 2.75) is 59.5 Å². The van der Waals surface area contributed by atoms with Gasteiger partial charge in [-0.05, 0) is 42.5 Å². The molecule has 1 aliphatic heterocycles. The number of nitrogens with zero attached hydrogens (tertiary/aromatic N) is 4. The molecule has 0 fully saturated rings. The van der Waals surface area contributed by atoms with Gasteiger partial charge in [-0.1, -0.05) is 63.1 Å². The summed E-state index contributed by atoms with van der Waals surface area (Å²) in [5.74, 6) is -0.124. The molecule has 0 saturated carbocycles. The van der Waals surface area contributed by atoms with Crippen molar-refractivity contribution in [3.63, 3.8) is 0 Å². The van der Waals surface area contributed by atoms with Gasteiger partial charge in [0.2, 0.25) is 5.91 Å². The lowest BCUT2D eigenvalue weighted by Crippen LogP contribution is -2.48. The van der Waals surface area contributed by atoms with E-state index < -0.39 is 0 Å². The van der Waals surface area contributed by atoms with Gasteiger partial charge in [0.25, 0.3) is 5.91 Å². The van der Waals surface area contributed by atoms with Crippen molar-refractivity contribution >= 4 is 28.8 Å². The molecule has 4 rings (SSSR count). The minimum Gasteiger partial charge on any atom is -0.355 e. The molecule has 0 spiro atoms. The molecule has 3 aromatic rings. The highest BCUT2D eigenvalue weighted by Crippen LogP contribution is 2.30. The first kappa shape index (κ1) is 27.8. The second kappa shape index (κ2) is 13.0. The fourth-order valence-corrected chi connectivity index (χ4v) is 5.59. The number of rotatable bonds is 12. The smallest absolute Gasteiger partial charge is 0.256 e. The summed E-state index contributed by atoms with van der Waals surface area (Å²) in [5.41, 5.74) is 6.45. The van der Waals surface area contributed by atoms with Crippen LogP contribution >= 0.6 is 11.3 Å². The average molecular weight is 534 g/mol. The first-order valence-electron chi connectivity index (χ1n) is 13.5. The van der Waals surface area contributed by atoms with E-state index in [1.807, 2.05) is 31.0 Å². The standard InChI is InChI=1S/C30H39N5O2S/c1-5-7-10-15-31-28(36)19-34(20-29(37)33(4)35-17-24-11-8-9-12-25(24)18-35)27-16-23(14-13-22(27)3)30-32-26(6-2)21-38-30/h8-9,11-14,16,21H,5-7,10,15,17-20H2,1-4H3,(H,31,36). The van der Waals surface area contributed by atoms with Crippen LogP contribution in [0.15, 0.2) is 47.8 Å². The van der Waals surface area contributed by atoms with E-state index in [-0.39, 0.29) is 24.9 Å². The van der Waals surface area contributed by atoms with E-state index in [0.717, 1.165) is 53.2 Å². The lowest BCUT2D eigenvalue weighted by Gasteiger charge is -2.32. The maximum atomic E-state index is 13.6. The number of hydrogen-bond acceptors (Lipinski definition) is 6. The molecule has 0 saturated heterocycles. The quantitative estimate of drug-likeness (QED) is 0.325. The molecule has 1 aromatic heterocycles. The number of nitrogens with one attached hydrogen (secondary N) is 1. The molecule has 2 heterocycles. The zero-order chi connectivity index (χ0) is 27.1. The number of anilines is 1. The summed E-state index contributed by atoms with van der Waals surface area (Å²) in [4.78, 5) is 33.2. The van der Waals surface area contributed by atoms with Crippen LogP contribution in [0.3, 0.4) is 0 Å². The van der Waals surface area contributed by atoms with E-state index in [2.05, 4.69) is 59.9 Å². The van der Waals surface area contributed by atoms with E-state index in [9.17, 15) is 9.59 Å². The summed E-state index contributed by atoms with van der Waals surface area (Å²) < 4.78 is 0. The number of carbonyl (C=O) groups excluding carboxylic acids is 2. The van der Waals surface area contributed by atoms with E-state index in [1.54, 1.807) is 16.3 Å². The highest BCUT2D eigenvalue weighted by Gasteiger charge is 2.27. The van der Waals surface area contributed by atoms with Crippen LogP contribution < -0.4 is 10.2 Å². The third-order valence-corrected chi connectivity index (χ3v) is 8.02. The molecule has 2 aromatic carbocycles. The summed E-state index contributed by atoms with van der Waals surface area (Å²) in [5, 5.41) is 9.84. The maximum Gasteiger partial charge on any atom is 0.256 e. The van der Waals surface area contributed by atoms with Crippen molar-refractivity contribution in [2.24, 2.45) is 0 Å². The lowest BCUT2D eigenvalue weighted by molar-refractivity contribution is -0.145. The summed E-state index contributed by atoms with van der Waals surface area (Å²) in [7, 11) is 1.82. The van der Waals surface area contributed by atoms with Crippen molar-refractivity contribution in [3.05, 3.63) is 70.2 Å². The number of hydrogen-bond donors (Lipinski definition) is 1. The fourth-order valence-electron chi connectivity index (χ4n) is 4.69. The molecular formula is C30H39N5O2S. The Kier molecular flexibility index (Phi) is 9.53. The number of unbranched alkanes of at least 4 members (excludes halogenated alkanes) is 2. The van der Waals surface area contributed by atoms with E-state index in [1.165, 1.54) is 11.1 Å². The maximum absolute atomic E-state index is 13.6. The Morgan fingerprint density at radius 3 is 2.45 bits per heavy atom. The van der Waals surface area contributed by atoms with E-state index >= 15 is 0 Å². The van der Waals surface area contributed by atoms with Crippen LogP contribution in [0, 0.1) is 6.92 Å². The average Bonchev–Trinajstić information content (AvgIpc) is 3.58. The molecule has 7 nitrogen and oxygen atoms in total. The van der Waals surface area contributed by atoms with Gasteiger partial charge in [0.15, 0.2) is 0 Å². The number of aryl methyl sites for hydroxylation is 2. The van der Waals surface area contributed by atoms with Crippen molar-refractivity contribution in [2.75, 3.05) is 31.6 Å². The zero-order valence-corrected chi connectivity index (χ0v) is 23.8. The highest BCUT2D eigenvalue weighted by atomic mass is 32.1. The number of benzene rings is 2. The number of fused-ring (bicyclic) bond motifs is 1. The molecule has 8 heteroatoms. The Bertz CT molecular complexity index is 1230. The fraction of sp³-hybridized carbons (Fsp3) is 0.433. The molecule has 202 valence electrons. The normalized spacial score (nSPS) is 12.8. The molecular weight excluding hydrogens is 494 g/mol.